The highest BCUT2D eigenvalue weighted by atomic mass is 16.5. The molecule has 0 amide bonds. The van der Waals surface area contributed by atoms with Gasteiger partial charge < -0.3 is 4.74 Å². The maximum absolute atomic E-state index is 6.82. The highest BCUT2D eigenvalue weighted by molar-refractivity contribution is 5.74. The summed E-state index contributed by atoms with van der Waals surface area (Å²) in [6.45, 7) is 13.6. The number of aromatic nitrogens is 2. The normalized spacial score (nSPS) is 13.8. The van der Waals surface area contributed by atoms with Crippen molar-refractivity contribution < 1.29 is 4.74 Å². The zero-order chi connectivity index (χ0) is 32.1. The van der Waals surface area contributed by atoms with Gasteiger partial charge in [-0.05, 0) is 93.7 Å². The van der Waals surface area contributed by atoms with Crippen molar-refractivity contribution in [3.05, 3.63) is 167 Å². The van der Waals surface area contributed by atoms with Crippen LogP contribution in [0.2, 0.25) is 0 Å². The van der Waals surface area contributed by atoms with E-state index in [1.54, 1.807) is 0 Å². The van der Waals surface area contributed by atoms with Crippen molar-refractivity contribution in [1.82, 2.24) is 9.97 Å². The first kappa shape index (κ1) is 29.7. The molecule has 0 saturated heterocycles. The van der Waals surface area contributed by atoms with Crippen LogP contribution in [0.15, 0.2) is 134 Å². The fourth-order valence-corrected chi connectivity index (χ4v) is 6.70. The summed E-state index contributed by atoms with van der Waals surface area (Å²) >= 11 is 0. The lowest BCUT2D eigenvalue weighted by Crippen LogP contribution is -2.35. The molecule has 0 aliphatic carbocycles. The summed E-state index contributed by atoms with van der Waals surface area (Å²) in [5.41, 5.74) is 10.4. The Kier molecular flexibility index (Phi) is 7.16. The summed E-state index contributed by atoms with van der Waals surface area (Å²) in [5.74, 6) is 1.74. The molecule has 6 aromatic rings. The Balaban J connectivity index is 1.64. The predicted octanol–water partition coefficient (Wildman–Crippen LogP) is 10.9. The van der Waals surface area contributed by atoms with Gasteiger partial charge in [0.25, 0.3) is 0 Å². The second-order valence-corrected chi connectivity index (χ2v) is 14.4. The second-order valence-electron chi connectivity index (χ2n) is 14.4. The number of hydrogen-bond acceptors (Lipinski definition) is 3. The first-order valence-electron chi connectivity index (χ1n) is 16.1. The molecule has 2 aromatic heterocycles. The number of rotatable bonds is 4. The van der Waals surface area contributed by atoms with E-state index in [-0.39, 0.29) is 10.8 Å². The molecule has 7 rings (SSSR count). The summed E-state index contributed by atoms with van der Waals surface area (Å²) in [7, 11) is 0. The van der Waals surface area contributed by atoms with E-state index in [1.165, 1.54) is 11.1 Å². The average molecular weight is 601 g/mol. The molecular formula is C43H40N2O. The van der Waals surface area contributed by atoms with Crippen molar-refractivity contribution in [2.45, 2.75) is 57.8 Å². The topological polar surface area (TPSA) is 35.0 Å². The third-order valence-corrected chi connectivity index (χ3v) is 9.23. The zero-order valence-corrected chi connectivity index (χ0v) is 27.5. The van der Waals surface area contributed by atoms with Crippen LogP contribution in [0.1, 0.15) is 74.9 Å². The van der Waals surface area contributed by atoms with Crippen LogP contribution in [-0.2, 0) is 16.2 Å². The van der Waals surface area contributed by atoms with Gasteiger partial charge in [0.05, 0.1) is 16.8 Å². The minimum atomic E-state index is -0.693. The Bertz CT molecular complexity index is 1880. The number of hydrogen-bond donors (Lipinski definition) is 0. The number of nitrogens with zero attached hydrogens (tertiary/aromatic N) is 2. The van der Waals surface area contributed by atoms with Crippen molar-refractivity contribution in [2.24, 2.45) is 0 Å². The number of ether oxygens (including phenoxy) is 1. The molecule has 0 N–H and O–H groups in total. The fraction of sp³-hybridized carbons (Fsp3) is 0.209. The van der Waals surface area contributed by atoms with E-state index in [1.807, 2.05) is 36.7 Å². The Morgan fingerprint density at radius 3 is 1.33 bits per heavy atom. The van der Waals surface area contributed by atoms with E-state index >= 15 is 0 Å². The SMILES string of the molecule is CC(C)(C)c1ccc2c(c1)C(c1cccc(-c3ccccn3)c1)(c1cccc(-c3ccccn3)c1)c1cc(C(C)(C)C)ccc1O2. The molecule has 0 fully saturated rings. The smallest absolute Gasteiger partial charge is 0.132 e. The van der Waals surface area contributed by atoms with Crippen LogP contribution in [-0.4, -0.2) is 9.97 Å². The molecule has 3 nitrogen and oxygen atoms in total. The predicted molar refractivity (Wildman–Crippen MR) is 189 cm³/mol. The van der Waals surface area contributed by atoms with Gasteiger partial charge in [0.1, 0.15) is 11.5 Å². The maximum Gasteiger partial charge on any atom is 0.132 e. The molecule has 1 aliphatic heterocycles. The van der Waals surface area contributed by atoms with Crippen LogP contribution >= 0.6 is 0 Å². The van der Waals surface area contributed by atoms with Gasteiger partial charge in [0.2, 0.25) is 0 Å². The lowest BCUT2D eigenvalue weighted by atomic mass is 9.62. The number of fused-ring (bicyclic) bond motifs is 2. The quantitative estimate of drug-likeness (QED) is 0.202. The molecule has 0 radical (unpaired) electrons. The van der Waals surface area contributed by atoms with E-state index in [0.29, 0.717) is 0 Å². The van der Waals surface area contributed by atoms with Gasteiger partial charge >= 0.3 is 0 Å². The lowest BCUT2D eigenvalue weighted by molar-refractivity contribution is 0.431. The van der Waals surface area contributed by atoms with Gasteiger partial charge in [-0.25, -0.2) is 0 Å². The zero-order valence-electron chi connectivity index (χ0n) is 27.5. The van der Waals surface area contributed by atoms with Crippen LogP contribution in [0.3, 0.4) is 0 Å². The average Bonchev–Trinajstić information content (AvgIpc) is 3.07. The first-order valence-corrected chi connectivity index (χ1v) is 16.1. The molecule has 0 bridgehead atoms. The van der Waals surface area contributed by atoms with E-state index in [4.69, 9.17) is 14.7 Å². The Hall–Kier alpha value is -5.02. The largest absolute Gasteiger partial charge is 0.457 e. The van der Waals surface area contributed by atoms with Gasteiger partial charge in [0, 0.05) is 34.6 Å². The van der Waals surface area contributed by atoms with Gasteiger partial charge in [-0.3, -0.25) is 9.97 Å². The number of pyridine rings is 2. The Morgan fingerprint density at radius 2 is 0.935 bits per heavy atom. The first-order chi connectivity index (χ1) is 22.0. The van der Waals surface area contributed by atoms with Gasteiger partial charge in [-0.2, -0.15) is 0 Å². The highest BCUT2D eigenvalue weighted by Crippen LogP contribution is 2.57. The third kappa shape index (κ3) is 5.10. The summed E-state index contributed by atoms with van der Waals surface area (Å²) < 4.78 is 6.82. The van der Waals surface area contributed by atoms with Crippen LogP contribution in [0.4, 0.5) is 0 Å². The van der Waals surface area contributed by atoms with Gasteiger partial charge in [-0.15, -0.1) is 0 Å². The second kappa shape index (κ2) is 11.1. The van der Waals surface area contributed by atoms with Crippen molar-refractivity contribution >= 4 is 0 Å². The highest BCUT2D eigenvalue weighted by Gasteiger charge is 2.46. The standard InChI is InChI=1S/C43H40N2O/c1-41(2,3)31-19-21-39-35(27-31)43(36-28-32(42(4,5)6)20-22-40(36)46-39,33-15-11-13-29(25-33)37-17-7-9-23-44-37)34-16-12-14-30(26-34)38-18-8-10-24-45-38/h7-28H,1-6H3. The van der Waals surface area contributed by atoms with Crippen LogP contribution < -0.4 is 4.74 Å². The minimum Gasteiger partial charge on any atom is -0.457 e. The summed E-state index contributed by atoms with van der Waals surface area (Å²) in [6, 6.07) is 43.5. The van der Waals surface area contributed by atoms with Crippen molar-refractivity contribution in [3.8, 4) is 34.0 Å². The molecule has 1 aliphatic rings. The molecule has 0 atom stereocenters. The summed E-state index contributed by atoms with van der Waals surface area (Å²) in [6.07, 6.45) is 3.72. The Labute approximate surface area is 273 Å². The van der Waals surface area contributed by atoms with Crippen molar-refractivity contribution in [3.63, 3.8) is 0 Å². The molecule has 0 unspecified atom stereocenters. The van der Waals surface area contributed by atoms with Crippen LogP contribution in [0.5, 0.6) is 11.5 Å². The molecular weight excluding hydrogens is 560 g/mol. The minimum absolute atomic E-state index is 0.0556. The Morgan fingerprint density at radius 1 is 0.478 bits per heavy atom. The molecule has 0 saturated carbocycles. The summed E-state index contributed by atoms with van der Waals surface area (Å²) in [5, 5.41) is 0. The van der Waals surface area contributed by atoms with E-state index in [2.05, 4.69) is 139 Å². The maximum atomic E-state index is 6.82. The molecule has 3 heteroatoms. The van der Waals surface area contributed by atoms with E-state index in [9.17, 15) is 0 Å². The van der Waals surface area contributed by atoms with Crippen LogP contribution in [0.25, 0.3) is 22.5 Å². The lowest BCUT2D eigenvalue weighted by Gasteiger charge is -2.43. The van der Waals surface area contributed by atoms with E-state index in [0.717, 1.165) is 56.3 Å². The number of benzene rings is 4. The van der Waals surface area contributed by atoms with Crippen LogP contribution in [0, 0.1) is 0 Å². The monoisotopic (exact) mass is 600 g/mol. The molecule has 3 heterocycles. The third-order valence-electron chi connectivity index (χ3n) is 9.23. The molecule has 0 spiro atoms. The van der Waals surface area contributed by atoms with Crippen molar-refractivity contribution in [1.29, 1.82) is 0 Å². The summed E-state index contributed by atoms with van der Waals surface area (Å²) in [4.78, 5) is 9.47. The molecule has 4 aromatic carbocycles. The molecule has 46 heavy (non-hydrogen) atoms. The van der Waals surface area contributed by atoms with E-state index < -0.39 is 5.41 Å². The molecule has 228 valence electrons. The van der Waals surface area contributed by atoms with Gasteiger partial charge in [0.15, 0.2) is 0 Å². The fourth-order valence-electron chi connectivity index (χ4n) is 6.70. The van der Waals surface area contributed by atoms with Crippen molar-refractivity contribution in [2.75, 3.05) is 0 Å². The van der Waals surface area contributed by atoms with Gasteiger partial charge in [-0.1, -0.05) is 102 Å².